The van der Waals surface area contributed by atoms with E-state index in [1.807, 2.05) is 0 Å². The van der Waals surface area contributed by atoms with Gasteiger partial charge in [-0.05, 0) is 91.9 Å². The van der Waals surface area contributed by atoms with Crippen LogP contribution in [0.5, 0.6) is 0 Å². The van der Waals surface area contributed by atoms with E-state index in [1.165, 1.54) is 49.2 Å². The standard InChI is InChI=1S/C26H30Cl2N4O3S/c27-20-6-19(7-21(28)8-20)14-36(34,35)32-2-1-22-23(13-32)29-15-30-25(22)31-24(33)12-26-9-16-3-17(10-26)5-18(4-16)11-26/h6-8,15-18H,1-5,9-14H2,(H,29,30,31,33). The lowest BCUT2D eigenvalue weighted by molar-refractivity contribution is -0.124. The van der Waals surface area contributed by atoms with Gasteiger partial charge < -0.3 is 5.32 Å². The maximum Gasteiger partial charge on any atom is 0.226 e. The molecule has 10 heteroatoms. The second-order valence-electron chi connectivity index (χ2n) is 11.4. The van der Waals surface area contributed by atoms with Crippen LogP contribution in [0.3, 0.4) is 0 Å². The van der Waals surface area contributed by atoms with Crippen molar-refractivity contribution in [2.45, 2.75) is 63.7 Å². The Hall–Kier alpha value is -1.74. The summed E-state index contributed by atoms with van der Waals surface area (Å²) in [6.07, 6.45) is 10.00. The molecule has 2 aromatic rings. The lowest BCUT2D eigenvalue weighted by Crippen LogP contribution is -2.47. The van der Waals surface area contributed by atoms with Crippen LogP contribution < -0.4 is 5.32 Å². The van der Waals surface area contributed by atoms with Crippen molar-refractivity contribution >= 4 is 45.0 Å². The van der Waals surface area contributed by atoms with E-state index < -0.39 is 10.0 Å². The summed E-state index contributed by atoms with van der Waals surface area (Å²) in [5, 5.41) is 3.87. The number of nitrogens with zero attached hydrogens (tertiary/aromatic N) is 3. The summed E-state index contributed by atoms with van der Waals surface area (Å²) >= 11 is 12.1. The van der Waals surface area contributed by atoms with Gasteiger partial charge in [-0.3, -0.25) is 4.79 Å². The maximum absolute atomic E-state index is 13.2. The van der Waals surface area contributed by atoms with E-state index in [-0.39, 0.29) is 23.6 Å². The van der Waals surface area contributed by atoms with Gasteiger partial charge in [-0.2, -0.15) is 4.31 Å². The van der Waals surface area contributed by atoms with Crippen molar-refractivity contribution in [3.63, 3.8) is 0 Å². The smallest absolute Gasteiger partial charge is 0.226 e. The van der Waals surface area contributed by atoms with Crippen LogP contribution in [0.1, 0.15) is 61.8 Å². The molecule has 1 aromatic carbocycles. The summed E-state index contributed by atoms with van der Waals surface area (Å²) in [6.45, 7) is 0.446. The molecule has 36 heavy (non-hydrogen) atoms. The molecule has 4 bridgehead atoms. The van der Waals surface area contributed by atoms with E-state index in [4.69, 9.17) is 23.2 Å². The van der Waals surface area contributed by atoms with E-state index in [0.717, 1.165) is 23.3 Å². The number of benzene rings is 1. The molecule has 0 saturated heterocycles. The highest BCUT2D eigenvalue weighted by Crippen LogP contribution is 2.61. The Morgan fingerprint density at radius 2 is 1.67 bits per heavy atom. The van der Waals surface area contributed by atoms with Gasteiger partial charge in [-0.15, -0.1) is 0 Å². The normalized spacial score (nSPS) is 29.2. The molecule has 7 nitrogen and oxygen atoms in total. The largest absolute Gasteiger partial charge is 0.310 e. The first-order valence-corrected chi connectivity index (χ1v) is 15.1. The van der Waals surface area contributed by atoms with Crippen molar-refractivity contribution in [2.75, 3.05) is 11.9 Å². The van der Waals surface area contributed by atoms with Crippen molar-refractivity contribution in [3.8, 4) is 0 Å². The quantitative estimate of drug-likeness (QED) is 0.534. The predicted molar refractivity (Wildman–Crippen MR) is 139 cm³/mol. The van der Waals surface area contributed by atoms with E-state index in [0.29, 0.717) is 46.5 Å². The summed E-state index contributed by atoms with van der Waals surface area (Å²) < 4.78 is 27.7. The van der Waals surface area contributed by atoms with Gasteiger partial charge in [0.1, 0.15) is 12.1 Å². The van der Waals surface area contributed by atoms with Gasteiger partial charge in [0, 0.05) is 28.6 Å². The average molecular weight is 550 g/mol. The van der Waals surface area contributed by atoms with Crippen molar-refractivity contribution in [1.29, 1.82) is 0 Å². The first-order chi connectivity index (χ1) is 17.2. The molecule has 1 amide bonds. The fraction of sp³-hybridized carbons (Fsp3) is 0.577. The number of sulfonamides is 1. The van der Waals surface area contributed by atoms with Crippen LogP contribution in [0.15, 0.2) is 24.5 Å². The number of carbonyl (C=O) groups excluding carboxylic acids is 1. The Morgan fingerprint density at radius 1 is 1.03 bits per heavy atom. The second-order valence-corrected chi connectivity index (χ2v) is 14.2. The predicted octanol–water partition coefficient (Wildman–Crippen LogP) is 5.22. The zero-order chi connectivity index (χ0) is 25.1. The minimum absolute atomic E-state index is 0.0192. The van der Waals surface area contributed by atoms with Gasteiger partial charge in [-0.25, -0.2) is 18.4 Å². The molecule has 1 aromatic heterocycles. The van der Waals surface area contributed by atoms with E-state index in [1.54, 1.807) is 18.2 Å². The number of carbonyl (C=O) groups is 1. The van der Waals surface area contributed by atoms with E-state index >= 15 is 0 Å². The third kappa shape index (κ3) is 4.89. The molecule has 4 saturated carbocycles. The Balaban J connectivity index is 1.14. The summed E-state index contributed by atoms with van der Waals surface area (Å²) in [5.74, 6) is 2.74. The SMILES string of the molecule is O=C(CC12CC3CC(CC(C3)C1)C2)Nc1ncnc2c1CCN(S(=O)(=O)Cc1cc(Cl)cc(Cl)c1)C2. The number of nitrogens with one attached hydrogen (secondary N) is 1. The minimum atomic E-state index is -3.61. The van der Waals surface area contributed by atoms with Crippen LogP contribution in [0.2, 0.25) is 10.0 Å². The maximum atomic E-state index is 13.2. The lowest BCUT2D eigenvalue weighted by Gasteiger charge is -2.56. The van der Waals surface area contributed by atoms with Crippen molar-refractivity contribution in [1.82, 2.24) is 14.3 Å². The number of rotatable bonds is 6. The fourth-order valence-corrected chi connectivity index (χ4v) is 9.73. The third-order valence-corrected chi connectivity index (χ3v) is 10.8. The average Bonchev–Trinajstić information content (AvgIpc) is 2.76. The van der Waals surface area contributed by atoms with Gasteiger partial charge >= 0.3 is 0 Å². The van der Waals surface area contributed by atoms with Gasteiger partial charge in [-0.1, -0.05) is 23.2 Å². The Morgan fingerprint density at radius 3 is 2.31 bits per heavy atom. The van der Waals surface area contributed by atoms with Crippen LogP contribution in [0, 0.1) is 23.2 Å². The number of hydrogen-bond acceptors (Lipinski definition) is 5. The summed E-state index contributed by atoms with van der Waals surface area (Å²) in [7, 11) is -3.61. The fourth-order valence-electron chi connectivity index (χ4n) is 7.70. The topological polar surface area (TPSA) is 92.3 Å². The summed E-state index contributed by atoms with van der Waals surface area (Å²) in [6, 6.07) is 4.80. The Labute approximate surface area is 222 Å². The molecule has 0 unspecified atom stereocenters. The van der Waals surface area contributed by atoms with Crippen LogP contribution in [-0.2, 0) is 33.5 Å². The number of aromatic nitrogens is 2. The van der Waals surface area contributed by atoms with Crippen LogP contribution in [0.25, 0.3) is 0 Å². The van der Waals surface area contributed by atoms with E-state index in [2.05, 4.69) is 15.3 Å². The highest BCUT2D eigenvalue weighted by molar-refractivity contribution is 7.88. The van der Waals surface area contributed by atoms with Crippen LogP contribution in [-0.4, -0.2) is 35.1 Å². The molecule has 0 spiro atoms. The first-order valence-electron chi connectivity index (χ1n) is 12.7. The third-order valence-electron chi connectivity index (χ3n) is 8.60. The van der Waals surface area contributed by atoms with Crippen molar-refractivity contribution in [3.05, 3.63) is 51.4 Å². The number of hydrogen-bond donors (Lipinski definition) is 1. The zero-order valence-corrected chi connectivity index (χ0v) is 22.4. The molecule has 4 fully saturated rings. The number of fused-ring (bicyclic) bond motifs is 1. The lowest BCUT2D eigenvalue weighted by atomic mass is 9.49. The molecule has 5 aliphatic rings. The highest BCUT2D eigenvalue weighted by Gasteiger charge is 2.51. The first kappa shape index (κ1) is 24.6. The Kier molecular flexibility index (Phi) is 6.30. The summed E-state index contributed by atoms with van der Waals surface area (Å²) in [5.41, 5.74) is 2.15. The molecule has 4 aliphatic carbocycles. The highest BCUT2D eigenvalue weighted by atomic mass is 35.5. The van der Waals surface area contributed by atoms with Crippen molar-refractivity contribution < 1.29 is 13.2 Å². The molecule has 0 atom stereocenters. The number of anilines is 1. The zero-order valence-electron chi connectivity index (χ0n) is 20.1. The van der Waals surface area contributed by atoms with Gasteiger partial charge in [0.2, 0.25) is 15.9 Å². The minimum Gasteiger partial charge on any atom is -0.310 e. The molecule has 1 aliphatic heterocycles. The molecule has 0 radical (unpaired) electrons. The number of halogens is 2. The van der Waals surface area contributed by atoms with Gasteiger partial charge in [0.25, 0.3) is 0 Å². The molecular formula is C26H30Cl2N4O3S. The second kappa shape index (κ2) is 9.22. The van der Waals surface area contributed by atoms with Crippen molar-refractivity contribution in [2.24, 2.45) is 23.2 Å². The molecule has 1 N–H and O–H groups in total. The van der Waals surface area contributed by atoms with E-state index in [9.17, 15) is 13.2 Å². The van der Waals surface area contributed by atoms with Gasteiger partial charge in [0.05, 0.1) is 18.0 Å². The number of amides is 1. The van der Waals surface area contributed by atoms with Crippen LogP contribution >= 0.6 is 23.2 Å². The molecule has 192 valence electrons. The Bertz CT molecular complexity index is 1260. The summed E-state index contributed by atoms with van der Waals surface area (Å²) in [4.78, 5) is 21.9. The molecular weight excluding hydrogens is 519 g/mol. The van der Waals surface area contributed by atoms with Crippen LogP contribution in [0.4, 0.5) is 5.82 Å². The molecule has 2 heterocycles. The molecule has 7 rings (SSSR count). The van der Waals surface area contributed by atoms with Gasteiger partial charge in [0.15, 0.2) is 0 Å². The monoisotopic (exact) mass is 548 g/mol.